The number of nitrogens with zero attached hydrogens (tertiary/aromatic N) is 2. The Labute approximate surface area is 121 Å². The third kappa shape index (κ3) is 3.47. The van der Waals surface area contributed by atoms with Crippen molar-refractivity contribution in [3.05, 3.63) is 15.6 Å². The molecule has 1 fully saturated rings. The second kappa shape index (κ2) is 6.21. The summed E-state index contributed by atoms with van der Waals surface area (Å²) in [7, 11) is 0. The fraction of sp³-hybridized carbons (Fsp3) is 0.615. The topological polar surface area (TPSA) is 82.5 Å². The molecule has 2 N–H and O–H groups in total. The maximum Gasteiger partial charge on any atom is 0.347 e. The lowest BCUT2D eigenvalue weighted by molar-refractivity contribution is 0.0701. The van der Waals surface area contributed by atoms with Crippen LogP contribution in [0.2, 0.25) is 0 Å². The van der Waals surface area contributed by atoms with E-state index in [4.69, 9.17) is 5.11 Å². The maximum atomic E-state index is 12.0. The molecule has 1 aromatic heterocycles. The van der Waals surface area contributed by atoms with E-state index >= 15 is 0 Å². The average molecular weight is 297 g/mol. The number of carbonyl (C=O) groups is 2. The zero-order valence-electron chi connectivity index (χ0n) is 11.7. The van der Waals surface area contributed by atoms with Gasteiger partial charge in [-0.2, -0.15) is 0 Å². The summed E-state index contributed by atoms with van der Waals surface area (Å²) in [6, 6.07) is -0.0960. The number of urea groups is 1. The number of aromatic nitrogens is 1. The zero-order valence-corrected chi connectivity index (χ0v) is 12.5. The molecule has 2 amide bonds. The van der Waals surface area contributed by atoms with Gasteiger partial charge < -0.3 is 15.3 Å². The van der Waals surface area contributed by atoms with Crippen LogP contribution < -0.4 is 5.32 Å². The molecule has 2 heterocycles. The lowest BCUT2D eigenvalue weighted by Crippen LogP contribution is -2.44. The fourth-order valence-corrected chi connectivity index (χ4v) is 3.21. The molecular weight excluding hydrogens is 278 g/mol. The van der Waals surface area contributed by atoms with E-state index in [1.165, 1.54) is 0 Å². The number of amides is 2. The van der Waals surface area contributed by atoms with Gasteiger partial charge in [0.2, 0.25) is 0 Å². The van der Waals surface area contributed by atoms with Crippen LogP contribution in [-0.2, 0) is 6.54 Å². The van der Waals surface area contributed by atoms with Crippen LogP contribution in [0.3, 0.4) is 0 Å². The summed E-state index contributed by atoms with van der Waals surface area (Å²) in [6.45, 7) is 5.65. The molecule has 1 aliphatic rings. The van der Waals surface area contributed by atoms with Crippen molar-refractivity contribution in [1.82, 2.24) is 15.2 Å². The van der Waals surface area contributed by atoms with Crippen LogP contribution in [0.5, 0.6) is 0 Å². The van der Waals surface area contributed by atoms with Gasteiger partial charge in [0.1, 0.15) is 9.88 Å². The molecule has 7 heteroatoms. The molecule has 20 heavy (non-hydrogen) atoms. The molecule has 110 valence electrons. The number of hydrogen-bond donors (Lipinski definition) is 2. The summed E-state index contributed by atoms with van der Waals surface area (Å²) in [5, 5.41) is 12.4. The van der Waals surface area contributed by atoms with Crippen molar-refractivity contribution in [2.45, 2.75) is 33.2 Å². The number of rotatable bonds is 3. The average Bonchev–Trinajstić information content (AvgIpc) is 2.77. The predicted octanol–water partition coefficient (Wildman–Crippen LogP) is 2.09. The third-order valence-electron chi connectivity index (χ3n) is 3.37. The summed E-state index contributed by atoms with van der Waals surface area (Å²) in [6.07, 6.45) is 2.20. The quantitative estimate of drug-likeness (QED) is 0.895. The molecule has 2 rings (SSSR count). The van der Waals surface area contributed by atoms with Crippen LogP contribution in [0, 0.1) is 12.8 Å². The Morgan fingerprint density at radius 2 is 2.30 bits per heavy atom. The van der Waals surface area contributed by atoms with Gasteiger partial charge in [0.25, 0.3) is 0 Å². The van der Waals surface area contributed by atoms with Crippen molar-refractivity contribution >= 4 is 23.3 Å². The van der Waals surface area contributed by atoms with Crippen LogP contribution in [0.4, 0.5) is 4.79 Å². The van der Waals surface area contributed by atoms with Gasteiger partial charge in [0.15, 0.2) is 0 Å². The number of nitrogens with one attached hydrogen (secondary N) is 1. The number of hydrogen-bond acceptors (Lipinski definition) is 4. The lowest BCUT2D eigenvalue weighted by atomic mass is 10.0. The van der Waals surface area contributed by atoms with Gasteiger partial charge >= 0.3 is 12.0 Å². The first kappa shape index (κ1) is 14.8. The van der Waals surface area contributed by atoms with Crippen molar-refractivity contribution in [2.24, 2.45) is 5.92 Å². The number of aromatic carboxylic acids is 1. The molecule has 0 saturated carbocycles. The van der Waals surface area contributed by atoms with Crippen molar-refractivity contribution in [2.75, 3.05) is 13.1 Å². The number of thiazole rings is 1. The molecule has 0 bridgehead atoms. The van der Waals surface area contributed by atoms with E-state index in [0.29, 0.717) is 16.6 Å². The minimum atomic E-state index is -0.970. The lowest BCUT2D eigenvalue weighted by Gasteiger charge is -2.30. The van der Waals surface area contributed by atoms with E-state index in [1.807, 2.05) is 4.90 Å². The molecule has 6 nitrogen and oxygen atoms in total. The number of carboxylic acids is 1. The fourth-order valence-electron chi connectivity index (χ4n) is 2.36. The van der Waals surface area contributed by atoms with Crippen LogP contribution in [0.25, 0.3) is 0 Å². The summed E-state index contributed by atoms with van der Waals surface area (Å²) in [5.41, 5.74) is 0.498. The Bertz CT molecular complexity index is 515. The summed E-state index contributed by atoms with van der Waals surface area (Å²) >= 11 is 1.11. The molecule has 1 saturated heterocycles. The first-order chi connectivity index (χ1) is 9.47. The van der Waals surface area contributed by atoms with Crippen LogP contribution in [0.1, 0.15) is 40.1 Å². The second-order valence-electron chi connectivity index (χ2n) is 5.18. The summed E-state index contributed by atoms with van der Waals surface area (Å²) in [4.78, 5) is 29.2. The third-order valence-corrected chi connectivity index (χ3v) is 4.52. The SMILES string of the molecule is Cc1nc(CNC(=O)N2CCCC(C)C2)sc1C(=O)O. The van der Waals surface area contributed by atoms with Crippen molar-refractivity contribution in [3.8, 4) is 0 Å². The standard InChI is InChI=1S/C13H19N3O3S/c1-8-4-3-5-16(7-8)13(19)14-6-10-15-9(2)11(20-10)12(17)18/h8H,3-7H2,1-2H3,(H,14,19)(H,17,18). The summed E-state index contributed by atoms with van der Waals surface area (Å²) < 4.78 is 0. The van der Waals surface area contributed by atoms with Gasteiger partial charge in [0, 0.05) is 13.1 Å². The van der Waals surface area contributed by atoms with Gasteiger partial charge in [-0.15, -0.1) is 11.3 Å². The molecule has 0 spiro atoms. The molecule has 1 atom stereocenters. The van der Waals surface area contributed by atoms with E-state index in [-0.39, 0.29) is 17.5 Å². The molecule has 0 aromatic carbocycles. The van der Waals surface area contributed by atoms with Gasteiger partial charge in [-0.25, -0.2) is 14.6 Å². The number of piperidine rings is 1. The van der Waals surface area contributed by atoms with Crippen molar-refractivity contribution in [3.63, 3.8) is 0 Å². The van der Waals surface area contributed by atoms with Crippen molar-refractivity contribution in [1.29, 1.82) is 0 Å². The Kier molecular flexibility index (Phi) is 4.59. The number of carboxylic acid groups (broad SMARTS) is 1. The van der Waals surface area contributed by atoms with Gasteiger partial charge in [-0.1, -0.05) is 6.92 Å². The highest BCUT2D eigenvalue weighted by Crippen LogP contribution is 2.18. The Balaban J connectivity index is 1.90. The van der Waals surface area contributed by atoms with Gasteiger partial charge in [0.05, 0.1) is 12.2 Å². The molecule has 1 unspecified atom stereocenters. The van der Waals surface area contributed by atoms with Gasteiger partial charge in [-0.05, 0) is 25.7 Å². The van der Waals surface area contributed by atoms with Gasteiger partial charge in [-0.3, -0.25) is 0 Å². The van der Waals surface area contributed by atoms with E-state index in [2.05, 4.69) is 17.2 Å². The van der Waals surface area contributed by atoms with E-state index < -0.39 is 5.97 Å². The smallest absolute Gasteiger partial charge is 0.347 e. The predicted molar refractivity (Wildman–Crippen MR) is 76.0 cm³/mol. The molecular formula is C13H19N3O3S. The normalized spacial score (nSPS) is 18.9. The van der Waals surface area contributed by atoms with E-state index in [0.717, 1.165) is 37.3 Å². The highest BCUT2D eigenvalue weighted by atomic mass is 32.1. The highest BCUT2D eigenvalue weighted by molar-refractivity contribution is 7.13. The van der Waals surface area contributed by atoms with Crippen molar-refractivity contribution < 1.29 is 14.7 Å². The number of carbonyl (C=O) groups excluding carboxylic acids is 1. The van der Waals surface area contributed by atoms with Crippen LogP contribution >= 0.6 is 11.3 Å². The first-order valence-electron chi connectivity index (χ1n) is 6.69. The second-order valence-corrected chi connectivity index (χ2v) is 6.26. The van der Waals surface area contributed by atoms with E-state index in [9.17, 15) is 9.59 Å². The molecule has 1 aliphatic heterocycles. The number of likely N-dealkylation sites (tertiary alicyclic amines) is 1. The molecule has 1 aromatic rings. The van der Waals surface area contributed by atoms with Crippen LogP contribution in [-0.4, -0.2) is 40.1 Å². The zero-order chi connectivity index (χ0) is 14.7. The minimum Gasteiger partial charge on any atom is -0.477 e. The highest BCUT2D eigenvalue weighted by Gasteiger charge is 2.21. The molecule has 0 radical (unpaired) electrons. The minimum absolute atomic E-state index is 0.0960. The Hall–Kier alpha value is -1.63. The molecule has 0 aliphatic carbocycles. The monoisotopic (exact) mass is 297 g/mol. The maximum absolute atomic E-state index is 12.0. The Morgan fingerprint density at radius 1 is 1.55 bits per heavy atom. The number of aryl methyl sites for hydroxylation is 1. The largest absolute Gasteiger partial charge is 0.477 e. The Morgan fingerprint density at radius 3 is 2.90 bits per heavy atom. The van der Waals surface area contributed by atoms with Crippen LogP contribution in [0.15, 0.2) is 0 Å². The van der Waals surface area contributed by atoms with E-state index in [1.54, 1.807) is 6.92 Å². The first-order valence-corrected chi connectivity index (χ1v) is 7.51. The summed E-state index contributed by atoms with van der Waals surface area (Å²) in [5.74, 6) is -0.433.